The van der Waals surface area contributed by atoms with E-state index in [1.165, 1.54) is 10.7 Å². The van der Waals surface area contributed by atoms with Gasteiger partial charge in [0.2, 0.25) is 0 Å². The van der Waals surface area contributed by atoms with Crippen LogP contribution in [0.3, 0.4) is 0 Å². The Hall–Kier alpha value is -1.97. The van der Waals surface area contributed by atoms with E-state index in [-0.39, 0.29) is 17.3 Å². The first kappa shape index (κ1) is 16.4. The van der Waals surface area contributed by atoms with Crippen LogP contribution >= 0.6 is 23.2 Å². The molecule has 1 heterocycles. The summed E-state index contributed by atoms with van der Waals surface area (Å²) < 4.78 is 7.84. The lowest BCUT2D eigenvalue weighted by atomic mass is 10.3. The van der Waals surface area contributed by atoms with E-state index in [1.54, 1.807) is 13.0 Å². The topological polar surface area (TPSA) is 61.9 Å². The molecule has 0 aliphatic rings. The molecule has 0 saturated carbocycles. The molecule has 8 heteroatoms. The van der Waals surface area contributed by atoms with Crippen LogP contribution < -0.4 is 10.4 Å². The molecule has 0 bridgehead atoms. The Morgan fingerprint density at radius 1 is 1.27 bits per heavy atom. The second kappa shape index (κ2) is 7.34. The minimum atomic E-state index is -0.370. The lowest BCUT2D eigenvalue weighted by molar-refractivity contribution is 0.370. The summed E-state index contributed by atoms with van der Waals surface area (Å²) in [4.78, 5) is 12.2. The molecule has 0 aliphatic heterocycles. The average molecular weight is 341 g/mol. The maximum Gasteiger partial charge on any atom is 0.368 e. The van der Waals surface area contributed by atoms with Crippen LogP contribution in [0.25, 0.3) is 5.69 Å². The van der Waals surface area contributed by atoms with Crippen LogP contribution in [0.15, 0.2) is 16.9 Å². The van der Waals surface area contributed by atoms with Gasteiger partial charge in [-0.1, -0.05) is 36.0 Å². The number of benzene rings is 1. The quantitative estimate of drug-likeness (QED) is 0.784. The number of hydrogen-bond donors (Lipinski definition) is 0. The highest BCUT2D eigenvalue weighted by Crippen LogP contribution is 2.32. The minimum Gasteiger partial charge on any atom is -0.479 e. The Morgan fingerprint density at radius 2 is 2.05 bits per heavy atom. The number of aromatic nitrogens is 4. The third-order valence-electron chi connectivity index (χ3n) is 2.78. The van der Waals surface area contributed by atoms with Crippen molar-refractivity contribution in [1.29, 1.82) is 0 Å². The fourth-order valence-electron chi connectivity index (χ4n) is 1.75. The normalized spacial score (nSPS) is 10.2. The van der Waals surface area contributed by atoms with Gasteiger partial charge in [-0.3, -0.25) is 0 Å². The predicted molar refractivity (Wildman–Crippen MR) is 84.9 cm³/mol. The van der Waals surface area contributed by atoms with E-state index in [9.17, 15) is 4.79 Å². The van der Waals surface area contributed by atoms with Crippen LogP contribution in [0, 0.1) is 11.8 Å². The highest BCUT2D eigenvalue weighted by molar-refractivity contribution is 6.36. The molecule has 1 aromatic heterocycles. The number of halogens is 2. The summed E-state index contributed by atoms with van der Waals surface area (Å²) in [5.74, 6) is 5.86. The lowest BCUT2D eigenvalue weighted by Gasteiger charge is -2.09. The van der Waals surface area contributed by atoms with Gasteiger partial charge in [0.1, 0.15) is 12.4 Å². The zero-order chi connectivity index (χ0) is 16.1. The Kier molecular flexibility index (Phi) is 5.47. The van der Waals surface area contributed by atoms with E-state index in [0.29, 0.717) is 23.0 Å². The zero-order valence-electron chi connectivity index (χ0n) is 12.1. The number of aryl methyl sites for hydroxylation is 1. The molecule has 0 aliphatic carbocycles. The molecule has 2 aromatic rings. The molecule has 0 radical (unpaired) electrons. The monoisotopic (exact) mass is 340 g/mol. The summed E-state index contributed by atoms with van der Waals surface area (Å²) in [5, 5.41) is 8.27. The van der Waals surface area contributed by atoms with Crippen LogP contribution in [0.1, 0.15) is 20.3 Å². The zero-order valence-corrected chi connectivity index (χ0v) is 13.6. The second-order valence-corrected chi connectivity index (χ2v) is 5.16. The van der Waals surface area contributed by atoms with E-state index >= 15 is 0 Å². The molecule has 22 heavy (non-hydrogen) atoms. The highest BCUT2D eigenvalue weighted by atomic mass is 35.5. The summed E-state index contributed by atoms with van der Waals surface area (Å²) in [5.41, 5.74) is -0.0109. The molecule has 0 N–H and O–H groups in total. The molecule has 116 valence electrons. The van der Waals surface area contributed by atoms with Crippen molar-refractivity contribution < 1.29 is 4.74 Å². The largest absolute Gasteiger partial charge is 0.479 e. The molecule has 0 spiro atoms. The Morgan fingerprint density at radius 3 is 2.73 bits per heavy atom. The number of ether oxygens (including phenoxy) is 1. The molecular weight excluding hydrogens is 327 g/mol. The fourth-order valence-corrected chi connectivity index (χ4v) is 2.27. The van der Waals surface area contributed by atoms with E-state index in [1.807, 2.05) is 6.92 Å². The summed E-state index contributed by atoms with van der Waals surface area (Å²) >= 11 is 12.2. The van der Waals surface area contributed by atoms with Crippen LogP contribution in [0.2, 0.25) is 10.0 Å². The number of nitrogens with zero attached hydrogens (tertiary/aromatic N) is 4. The second-order valence-electron chi connectivity index (χ2n) is 4.35. The molecule has 0 unspecified atom stereocenters. The molecule has 0 atom stereocenters. The van der Waals surface area contributed by atoms with E-state index in [4.69, 9.17) is 27.9 Å². The molecule has 6 nitrogen and oxygen atoms in total. The van der Waals surface area contributed by atoms with Crippen molar-refractivity contribution in [2.75, 3.05) is 6.61 Å². The van der Waals surface area contributed by atoms with E-state index < -0.39 is 0 Å². The van der Waals surface area contributed by atoms with Gasteiger partial charge in [-0.25, -0.2) is 4.79 Å². The van der Waals surface area contributed by atoms with Crippen molar-refractivity contribution in [3.05, 3.63) is 32.7 Å². The Bertz CT molecular complexity index is 786. The van der Waals surface area contributed by atoms with E-state index in [2.05, 4.69) is 22.3 Å². The fraction of sp³-hybridized carbons (Fsp3) is 0.357. The smallest absolute Gasteiger partial charge is 0.368 e. The Labute approximate surface area is 137 Å². The first-order valence-corrected chi connectivity index (χ1v) is 7.38. The molecular formula is C14H14Cl2N4O2. The average Bonchev–Trinajstić information content (AvgIpc) is 2.83. The summed E-state index contributed by atoms with van der Waals surface area (Å²) in [6, 6.07) is 3.05. The van der Waals surface area contributed by atoms with Crippen LogP contribution in [-0.4, -0.2) is 26.4 Å². The van der Waals surface area contributed by atoms with Gasteiger partial charge in [0, 0.05) is 12.6 Å². The SMILES string of the molecule is CC#CCOc1cc(-n2nnn(CCC)c2=O)c(Cl)cc1Cl. The predicted octanol–water partition coefficient (Wildman–Crippen LogP) is 2.55. The third-order valence-corrected chi connectivity index (χ3v) is 3.38. The first-order valence-electron chi connectivity index (χ1n) is 6.63. The first-order chi connectivity index (χ1) is 10.6. The third kappa shape index (κ3) is 3.43. The summed E-state index contributed by atoms with van der Waals surface area (Å²) in [6.07, 6.45) is 0.775. The molecule has 0 fully saturated rings. The number of hydrogen-bond acceptors (Lipinski definition) is 4. The van der Waals surface area contributed by atoms with Gasteiger partial charge in [0.25, 0.3) is 0 Å². The van der Waals surface area contributed by atoms with Crippen LogP contribution in [0.4, 0.5) is 0 Å². The van der Waals surface area contributed by atoms with E-state index in [0.717, 1.165) is 11.1 Å². The van der Waals surface area contributed by atoms with Gasteiger partial charge < -0.3 is 4.74 Å². The number of rotatable bonds is 5. The molecule has 1 aromatic carbocycles. The van der Waals surface area contributed by atoms with Gasteiger partial charge in [0.05, 0.1) is 15.7 Å². The van der Waals surface area contributed by atoms with Crippen LogP contribution in [0.5, 0.6) is 5.75 Å². The van der Waals surface area contributed by atoms with Crippen LogP contribution in [-0.2, 0) is 6.54 Å². The van der Waals surface area contributed by atoms with Crippen molar-refractivity contribution >= 4 is 23.2 Å². The van der Waals surface area contributed by atoms with Gasteiger partial charge in [-0.05, 0) is 29.8 Å². The van der Waals surface area contributed by atoms with Gasteiger partial charge in [-0.15, -0.1) is 5.92 Å². The molecule has 0 saturated heterocycles. The molecule has 0 amide bonds. The van der Waals surface area contributed by atoms with Crippen molar-refractivity contribution in [2.24, 2.45) is 0 Å². The van der Waals surface area contributed by atoms with Gasteiger partial charge >= 0.3 is 5.69 Å². The van der Waals surface area contributed by atoms with Gasteiger partial charge in [-0.2, -0.15) is 9.36 Å². The van der Waals surface area contributed by atoms with Crippen molar-refractivity contribution in [3.63, 3.8) is 0 Å². The minimum absolute atomic E-state index is 0.189. The number of tetrazole rings is 1. The lowest BCUT2D eigenvalue weighted by Crippen LogP contribution is -2.24. The summed E-state index contributed by atoms with van der Waals surface area (Å²) in [6.45, 7) is 4.33. The maximum absolute atomic E-state index is 12.2. The van der Waals surface area contributed by atoms with Crippen molar-refractivity contribution in [2.45, 2.75) is 26.8 Å². The standard InChI is InChI=1S/C14H14Cl2N4O2/c1-3-5-7-22-13-9-12(10(15)8-11(13)16)20-14(21)19(6-4-2)17-18-20/h8-9H,4,6-7H2,1-2H3. The Balaban J connectivity index is 2.43. The van der Waals surface area contributed by atoms with Crippen molar-refractivity contribution in [3.8, 4) is 23.3 Å². The summed E-state index contributed by atoms with van der Waals surface area (Å²) in [7, 11) is 0. The molecule has 2 rings (SSSR count). The highest BCUT2D eigenvalue weighted by Gasteiger charge is 2.15. The maximum atomic E-state index is 12.2. The van der Waals surface area contributed by atoms with Gasteiger partial charge in [0.15, 0.2) is 0 Å². The van der Waals surface area contributed by atoms with Crippen molar-refractivity contribution in [1.82, 2.24) is 19.8 Å².